The number of hydrogen-bond donors (Lipinski definition) is 0. The zero-order valence-electron chi connectivity index (χ0n) is 9.14. The van der Waals surface area contributed by atoms with Crippen LogP contribution in [-0.4, -0.2) is 12.6 Å². The van der Waals surface area contributed by atoms with Gasteiger partial charge in [-0.25, -0.2) is 0 Å². The highest BCUT2D eigenvalue weighted by molar-refractivity contribution is 5.79. The Hall–Kier alpha value is -0.790. The smallest absolute Gasteiger partial charge is 0.315 e. The van der Waals surface area contributed by atoms with Crippen LogP contribution in [0.25, 0.3) is 0 Å². The van der Waals surface area contributed by atoms with Crippen LogP contribution in [0, 0.1) is 5.41 Å². The molecule has 0 rings (SSSR count). The van der Waals surface area contributed by atoms with E-state index in [-0.39, 0.29) is 5.97 Å². The number of hydrogen-bond acceptors (Lipinski definition) is 2. The molecule has 0 spiro atoms. The van der Waals surface area contributed by atoms with Crippen molar-refractivity contribution >= 4 is 5.97 Å². The maximum absolute atomic E-state index is 11.5. The molecule has 0 aromatic carbocycles. The predicted octanol–water partition coefficient (Wildman–Crippen LogP) is 2.93. The highest BCUT2D eigenvalue weighted by Crippen LogP contribution is 2.29. The lowest BCUT2D eigenvalue weighted by atomic mass is 9.83. The zero-order chi connectivity index (χ0) is 10.5. The van der Waals surface area contributed by atoms with Gasteiger partial charge < -0.3 is 4.74 Å². The van der Waals surface area contributed by atoms with Crippen LogP contribution in [0.4, 0.5) is 0 Å². The number of rotatable bonds is 5. The lowest BCUT2D eigenvalue weighted by molar-refractivity contribution is -0.151. The van der Waals surface area contributed by atoms with E-state index in [1.54, 1.807) is 0 Å². The summed E-state index contributed by atoms with van der Waals surface area (Å²) in [6, 6.07) is 0. The third kappa shape index (κ3) is 3.21. The van der Waals surface area contributed by atoms with Crippen LogP contribution in [0.3, 0.4) is 0 Å². The first-order chi connectivity index (χ1) is 5.96. The van der Waals surface area contributed by atoms with Crippen molar-refractivity contribution in [3.63, 3.8) is 0 Å². The second-order valence-electron chi connectivity index (χ2n) is 3.70. The molecule has 0 saturated carbocycles. The molecule has 0 fully saturated rings. The standard InChI is InChI=1S/C11H20O2/c1-6-8-9(3)11(4,5)10(12)13-7-2/h3,6-8H2,1-2,4-5H3. The molecule has 0 amide bonds. The van der Waals surface area contributed by atoms with Gasteiger partial charge in [-0.05, 0) is 27.2 Å². The summed E-state index contributed by atoms with van der Waals surface area (Å²) in [7, 11) is 0. The molecular formula is C11H20O2. The van der Waals surface area contributed by atoms with E-state index in [2.05, 4.69) is 13.5 Å². The molecule has 2 nitrogen and oxygen atoms in total. The molecule has 0 bridgehead atoms. The molecule has 76 valence electrons. The molecule has 0 aliphatic rings. The molecule has 2 heteroatoms. The molecule has 0 aliphatic carbocycles. The predicted molar refractivity (Wildman–Crippen MR) is 54.5 cm³/mol. The van der Waals surface area contributed by atoms with Gasteiger partial charge in [-0.15, -0.1) is 0 Å². The molecule has 0 aromatic rings. The quantitative estimate of drug-likeness (QED) is 0.485. The van der Waals surface area contributed by atoms with Gasteiger partial charge in [0.05, 0.1) is 12.0 Å². The van der Waals surface area contributed by atoms with Crippen LogP contribution in [0.1, 0.15) is 40.5 Å². The fourth-order valence-corrected chi connectivity index (χ4v) is 1.07. The van der Waals surface area contributed by atoms with Crippen molar-refractivity contribution in [3.05, 3.63) is 12.2 Å². The maximum atomic E-state index is 11.5. The van der Waals surface area contributed by atoms with E-state index >= 15 is 0 Å². The Bertz CT molecular complexity index is 172. The minimum atomic E-state index is -0.536. The average Bonchev–Trinajstić information content (AvgIpc) is 2.05. The van der Waals surface area contributed by atoms with Crippen molar-refractivity contribution in [2.24, 2.45) is 5.41 Å². The van der Waals surface area contributed by atoms with Crippen molar-refractivity contribution in [3.8, 4) is 0 Å². The molecule has 0 radical (unpaired) electrons. The summed E-state index contributed by atoms with van der Waals surface area (Å²) in [5, 5.41) is 0. The monoisotopic (exact) mass is 184 g/mol. The Kier molecular flexibility index (Phi) is 4.74. The summed E-state index contributed by atoms with van der Waals surface area (Å²) < 4.78 is 4.97. The first-order valence-electron chi connectivity index (χ1n) is 4.82. The van der Waals surface area contributed by atoms with E-state index in [1.165, 1.54) is 0 Å². The van der Waals surface area contributed by atoms with Gasteiger partial charge in [-0.3, -0.25) is 4.79 Å². The second kappa shape index (κ2) is 5.05. The normalized spacial score (nSPS) is 11.1. The first kappa shape index (κ1) is 12.2. The van der Waals surface area contributed by atoms with Gasteiger partial charge in [0.2, 0.25) is 0 Å². The third-order valence-corrected chi connectivity index (χ3v) is 2.22. The third-order valence-electron chi connectivity index (χ3n) is 2.22. The Labute approximate surface area is 81.0 Å². The van der Waals surface area contributed by atoms with Gasteiger partial charge in [-0.1, -0.05) is 25.5 Å². The largest absolute Gasteiger partial charge is 0.465 e. The van der Waals surface area contributed by atoms with Gasteiger partial charge in [0, 0.05) is 0 Å². The summed E-state index contributed by atoms with van der Waals surface area (Å²) in [6.45, 7) is 12.0. The van der Waals surface area contributed by atoms with Gasteiger partial charge in [0.1, 0.15) is 0 Å². The molecule has 0 unspecified atom stereocenters. The fourth-order valence-electron chi connectivity index (χ4n) is 1.07. The minimum Gasteiger partial charge on any atom is -0.465 e. The van der Waals surface area contributed by atoms with Crippen LogP contribution in [0.15, 0.2) is 12.2 Å². The zero-order valence-corrected chi connectivity index (χ0v) is 9.14. The number of ether oxygens (including phenoxy) is 1. The van der Waals surface area contributed by atoms with Crippen LogP contribution in [-0.2, 0) is 9.53 Å². The molecule has 0 atom stereocenters. The lowest BCUT2D eigenvalue weighted by Gasteiger charge is -2.24. The van der Waals surface area contributed by atoms with Crippen LogP contribution < -0.4 is 0 Å². The highest BCUT2D eigenvalue weighted by atomic mass is 16.5. The molecular weight excluding hydrogens is 164 g/mol. The molecule has 0 saturated heterocycles. The maximum Gasteiger partial charge on any atom is 0.315 e. The number of esters is 1. The topological polar surface area (TPSA) is 26.3 Å². The summed E-state index contributed by atoms with van der Waals surface area (Å²) in [5.41, 5.74) is 0.417. The Morgan fingerprint density at radius 2 is 1.92 bits per heavy atom. The van der Waals surface area contributed by atoms with Gasteiger partial charge >= 0.3 is 5.97 Å². The molecule has 13 heavy (non-hydrogen) atoms. The first-order valence-corrected chi connectivity index (χ1v) is 4.82. The Morgan fingerprint density at radius 1 is 1.38 bits per heavy atom. The van der Waals surface area contributed by atoms with Crippen molar-refractivity contribution < 1.29 is 9.53 Å². The molecule has 0 N–H and O–H groups in total. The van der Waals surface area contributed by atoms with Crippen molar-refractivity contribution in [2.75, 3.05) is 6.61 Å². The molecule has 0 aliphatic heterocycles. The average molecular weight is 184 g/mol. The van der Waals surface area contributed by atoms with E-state index in [0.29, 0.717) is 6.61 Å². The van der Waals surface area contributed by atoms with Crippen molar-refractivity contribution in [1.82, 2.24) is 0 Å². The van der Waals surface area contributed by atoms with Crippen LogP contribution in [0.2, 0.25) is 0 Å². The lowest BCUT2D eigenvalue weighted by Crippen LogP contribution is -2.28. The molecule has 0 heterocycles. The van der Waals surface area contributed by atoms with E-state index in [1.807, 2.05) is 20.8 Å². The van der Waals surface area contributed by atoms with Crippen molar-refractivity contribution in [1.29, 1.82) is 0 Å². The summed E-state index contributed by atoms with van der Waals surface area (Å²) in [6.07, 6.45) is 1.90. The summed E-state index contributed by atoms with van der Waals surface area (Å²) >= 11 is 0. The van der Waals surface area contributed by atoms with Gasteiger partial charge in [0.25, 0.3) is 0 Å². The van der Waals surface area contributed by atoms with Gasteiger partial charge in [-0.2, -0.15) is 0 Å². The van der Waals surface area contributed by atoms with E-state index in [9.17, 15) is 4.79 Å². The van der Waals surface area contributed by atoms with Crippen LogP contribution in [0.5, 0.6) is 0 Å². The summed E-state index contributed by atoms with van der Waals surface area (Å²) in [4.78, 5) is 11.5. The molecule has 0 aromatic heterocycles. The van der Waals surface area contributed by atoms with Gasteiger partial charge in [0.15, 0.2) is 0 Å². The van der Waals surface area contributed by atoms with E-state index in [0.717, 1.165) is 18.4 Å². The Balaban J connectivity index is 4.36. The van der Waals surface area contributed by atoms with Crippen molar-refractivity contribution in [2.45, 2.75) is 40.5 Å². The number of carbonyl (C=O) groups is 1. The van der Waals surface area contributed by atoms with E-state index < -0.39 is 5.41 Å². The highest BCUT2D eigenvalue weighted by Gasteiger charge is 2.31. The van der Waals surface area contributed by atoms with Crippen LogP contribution >= 0.6 is 0 Å². The fraction of sp³-hybridized carbons (Fsp3) is 0.727. The number of carbonyl (C=O) groups excluding carboxylic acids is 1. The SMILES string of the molecule is C=C(CCC)C(C)(C)C(=O)OCC. The minimum absolute atomic E-state index is 0.173. The Morgan fingerprint density at radius 3 is 2.31 bits per heavy atom. The van der Waals surface area contributed by atoms with E-state index in [4.69, 9.17) is 4.74 Å². The second-order valence-corrected chi connectivity index (χ2v) is 3.70. The summed E-state index contributed by atoms with van der Waals surface area (Å²) in [5.74, 6) is -0.173.